The van der Waals surface area contributed by atoms with Crippen molar-refractivity contribution in [3.8, 4) is 0 Å². The van der Waals surface area contributed by atoms with Gasteiger partial charge in [-0.05, 0) is 41.4 Å². The highest BCUT2D eigenvalue weighted by molar-refractivity contribution is 6.74. The van der Waals surface area contributed by atoms with Gasteiger partial charge in [0.15, 0.2) is 14.0 Å². The molecule has 36 heavy (non-hydrogen) atoms. The van der Waals surface area contributed by atoms with Gasteiger partial charge in [-0.25, -0.2) is 9.74 Å². The van der Waals surface area contributed by atoms with Gasteiger partial charge in [0.2, 0.25) is 11.8 Å². The number of fused-ring (bicyclic) bond motifs is 6. The summed E-state index contributed by atoms with van der Waals surface area (Å²) in [7, 11) is -1.97. The number of anilines is 1. The smallest absolute Gasteiger partial charge is 0.241 e. The number of carbonyl (C=O) groups excluding carboxylic acids is 2. The monoisotopic (exact) mass is 502 g/mol. The minimum atomic E-state index is -1.97. The van der Waals surface area contributed by atoms with Crippen LogP contribution in [0, 0.1) is 18.4 Å². The Morgan fingerprint density at radius 2 is 1.64 bits per heavy atom. The van der Waals surface area contributed by atoms with Gasteiger partial charge in [-0.2, -0.15) is 0 Å². The third-order valence-electron chi connectivity index (χ3n) is 8.94. The van der Waals surface area contributed by atoms with Crippen LogP contribution in [0.25, 0.3) is 15.6 Å². The summed E-state index contributed by atoms with van der Waals surface area (Å²) < 4.78 is 13.1. The second-order valence-corrected chi connectivity index (χ2v) is 16.6. The summed E-state index contributed by atoms with van der Waals surface area (Å²) in [6.45, 7) is 21.1. The lowest BCUT2D eigenvalue weighted by Gasteiger charge is -2.37. The fourth-order valence-corrected chi connectivity index (χ4v) is 6.92. The van der Waals surface area contributed by atoms with E-state index in [1.165, 1.54) is 4.90 Å². The second-order valence-electron chi connectivity index (χ2n) is 11.8. The molecule has 2 fully saturated rings. The maximum absolute atomic E-state index is 14.1. The largest absolute Gasteiger partial charge is 0.417 e. The summed E-state index contributed by atoms with van der Waals surface area (Å²) in [6, 6.07) is 10.9. The van der Waals surface area contributed by atoms with Crippen LogP contribution in [-0.4, -0.2) is 37.9 Å². The first-order chi connectivity index (χ1) is 16.9. The predicted molar refractivity (Wildman–Crippen MR) is 143 cm³/mol. The van der Waals surface area contributed by atoms with Crippen molar-refractivity contribution in [2.24, 2.45) is 11.8 Å². The quantitative estimate of drug-likeness (QED) is 0.199. The van der Waals surface area contributed by atoms with E-state index >= 15 is 0 Å². The molecule has 0 saturated carbocycles. The highest BCUT2D eigenvalue weighted by Gasteiger charge is 2.72. The average Bonchev–Trinajstić information content (AvgIpc) is 3.44. The lowest BCUT2D eigenvalue weighted by atomic mass is 9.70. The topological polar surface area (TPSA) is 60.2 Å². The number of carbonyl (C=O) groups is 2. The van der Waals surface area contributed by atoms with Crippen LogP contribution in [0.2, 0.25) is 18.1 Å². The maximum atomic E-state index is 14.1. The SMILES string of the molecule is [C-]#[N+]c1ccc(N2C(=O)[C@@H]3[C@H](C2=O)C2(CC)C=CC3(CCO[Si](C)(C)C(C)(C)C)O2)c2ccccc12. The number of imide groups is 1. The molecular formula is C29H34N2O4Si. The Morgan fingerprint density at radius 1 is 1.03 bits per heavy atom. The zero-order chi connectivity index (χ0) is 26.1. The first-order valence-corrected chi connectivity index (χ1v) is 15.6. The highest BCUT2D eigenvalue weighted by Crippen LogP contribution is 2.60. The van der Waals surface area contributed by atoms with E-state index in [2.05, 4.69) is 38.7 Å². The van der Waals surface area contributed by atoms with Gasteiger partial charge in [0.25, 0.3) is 0 Å². The van der Waals surface area contributed by atoms with E-state index in [0.717, 1.165) is 10.8 Å². The number of hydrogen-bond donors (Lipinski definition) is 0. The highest BCUT2D eigenvalue weighted by atomic mass is 28.4. The lowest BCUT2D eigenvalue weighted by Crippen LogP contribution is -2.45. The zero-order valence-corrected chi connectivity index (χ0v) is 22.9. The number of nitrogens with zero attached hydrogens (tertiary/aromatic N) is 2. The number of amides is 2. The van der Waals surface area contributed by atoms with Gasteiger partial charge in [-0.1, -0.05) is 70.2 Å². The average molecular weight is 503 g/mol. The molecule has 2 aromatic carbocycles. The minimum absolute atomic E-state index is 0.0803. The molecule has 7 heteroatoms. The standard InChI is InChI=1S/C29H34N2O4Si/c1-8-28-15-16-29(35-28,17-18-34-36(6,7)27(2,3)4)24-23(28)25(32)31(26(24)33)22-14-13-21(30-5)19-11-9-10-12-20(19)22/h9-16,23-24H,8,17-18H2,1-4,6-7H3/t23-,24+,28?,29?/m1/s1. The summed E-state index contributed by atoms with van der Waals surface area (Å²) in [4.78, 5) is 33.0. The molecule has 2 unspecified atom stereocenters. The van der Waals surface area contributed by atoms with E-state index in [4.69, 9.17) is 15.7 Å². The molecule has 0 spiro atoms. The third kappa shape index (κ3) is 3.35. The van der Waals surface area contributed by atoms with Gasteiger partial charge in [-0.3, -0.25) is 9.59 Å². The molecule has 0 aliphatic carbocycles. The van der Waals surface area contributed by atoms with Crippen molar-refractivity contribution in [2.45, 2.75) is 69.9 Å². The molecule has 2 aromatic rings. The molecule has 2 amide bonds. The van der Waals surface area contributed by atoms with Crippen LogP contribution < -0.4 is 4.90 Å². The minimum Gasteiger partial charge on any atom is -0.417 e. The van der Waals surface area contributed by atoms with Crippen molar-refractivity contribution >= 4 is 42.3 Å². The molecule has 2 bridgehead atoms. The van der Waals surface area contributed by atoms with Crippen LogP contribution in [0.5, 0.6) is 0 Å². The Hall–Kier alpha value is -2.79. The maximum Gasteiger partial charge on any atom is 0.241 e. The van der Waals surface area contributed by atoms with Crippen molar-refractivity contribution < 1.29 is 18.8 Å². The molecule has 5 rings (SSSR count). The zero-order valence-electron chi connectivity index (χ0n) is 21.9. The van der Waals surface area contributed by atoms with Crippen LogP contribution >= 0.6 is 0 Å². The fourth-order valence-electron chi connectivity index (χ4n) is 5.87. The molecular weight excluding hydrogens is 468 g/mol. The Bertz CT molecular complexity index is 1340. The number of rotatable bonds is 6. The van der Waals surface area contributed by atoms with Crippen LogP contribution in [-0.2, 0) is 18.8 Å². The molecule has 3 aliphatic heterocycles. The van der Waals surface area contributed by atoms with Gasteiger partial charge in [0.1, 0.15) is 5.60 Å². The molecule has 4 atom stereocenters. The summed E-state index contributed by atoms with van der Waals surface area (Å²) >= 11 is 0. The van der Waals surface area contributed by atoms with Crippen molar-refractivity contribution in [1.29, 1.82) is 0 Å². The Balaban J connectivity index is 1.52. The van der Waals surface area contributed by atoms with Crippen molar-refractivity contribution in [1.82, 2.24) is 0 Å². The molecule has 0 N–H and O–H groups in total. The predicted octanol–water partition coefficient (Wildman–Crippen LogP) is 6.40. The van der Waals surface area contributed by atoms with E-state index in [1.807, 2.05) is 43.3 Å². The van der Waals surface area contributed by atoms with E-state index < -0.39 is 31.4 Å². The summed E-state index contributed by atoms with van der Waals surface area (Å²) in [5.74, 6) is -1.59. The Labute approximate surface area is 214 Å². The van der Waals surface area contributed by atoms with Crippen LogP contribution in [0.15, 0.2) is 48.6 Å². The van der Waals surface area contributed by atoms with Gasteiger partial charge in [0.05, 0.1) is 29.7 Å². The van der Waals surface area contributed by atoms with Gasteiger partial charge >= 0.3 is 0 Å². The number of benzene rings is 2. The van der Waals surface area contributed by atoms with Crippen LogP contribution in [0.1, 0.15) is 40.5 Å². The lowest BCUT2D eigenvalue weighted by molar-refractivity contribution is -0.130. The van der Waals surface area contributed by atoms with Gasteiger partial charge in [0, 0.05) is 13.0 Å². The Morgan fingerprint density at radius 3 is 2.25 bits per heavy atom. The normalized spacial score (nSPS) is 29.3. The van der Waals surface area contributed by atoms with E-state index in [-0.39, 0.29) is 16.9 Å². The Kier molecular flexibility index (Phi) is 5.60. The molecule has 2 saturated heterocycles. The van der Waals surface area contributed by atoms with Crippen molar-refractivity contribution in [3.05, 3.63) is 60.0 Å². The third-order valence-corrected chi connectivity index (χ3v) is 13.5. The first-order valence-electron chi connectivity index (χ1n) is 12.7. The molecule has 0 aromatic heterocycles. The second kappa shape index (κ2) is 8.11. The van der Waals surface area contributed by atoms with Crippen LogP contribution in [0.4, 0.5) is 11.4 Å². The van der Waals surface area contributed by atoms with Gasteiger partial charge < -0.3 is 9.16 Å². The van der Waals surface area contributed by atoms with E-state index in [1.54, 1.807) is 12.1 Å². The summed E-state index contributed by atoms with van der Waals surface area (Å²) in [5.41, 5.74) is -0.588. The van der Waals surface area contributed by atoms with E-state index in [0.29, 0.717) is 30.8 Å². The van der Waals surface area contributed by atoms with E-state index in [9.17, 15) is 9.59 Å². The number of ether oxygens (including phenoxy) is 1. The summed E-state index contributed by atoms with van der Waals surface area (Å²) in [5, 5.41) is 1.55. The molecule has 6 nitrogen and oxygen atoms in total. The first kappa shape index (κ1) is 24.9. The molecule has 3 aliphatic rings. The van der Waals surface area contributed by atoms with Crippen molar-refractivity contribution in [2.75, 3.05) is 11.5 Å². The van der Waals surface area contributed by atoms with Crippen LogP contribution in [0.3, 0.4) is 0 Å². The van der Waals surface area contributed by atoms with Gasteiger partial charge in [-0.15, -0.1) is 0 Å². The number of hydrogen-bond acceptors (Lipinski definition) is 4. The summed E-state index contributed by atoms with van der Waals surface area (Å²) in [6.07, 6.45) is 5.17. The van der Waals surface area contributed by atoms with Crippen molar-refractivity contribution in [3.63, 3.8) is 0 Å². The molecule has 3 heterocycles. The molecule has 0 radical (unpaired) electrons. The molecule has 188 valence electrons. The fraction of sp³-hybridized carbons (Fsp3) is 0.483.